The fraction of sp³-hybridized carbons (Fsp3) is 0.364. The quantitative estimate of drug-likeness (QED) is 0.146. The molecule has 0 spiro atoms. The minimum Gasteiger partial charge on any atom is -0.494 e. The summed E-state index contributed by atoms with van der Waals surface area (Å²) in [6.45, 7) is 15.3. The number of para-hydroxylation sites is 1. The molecule has 0 aliphatic rings. The van der Waals surface area contributed by atoms with E-state index < -0.39 is 0 Å². The van der Waals surface area contributed by atoms with Gasteiger partial charge in [-0.05, 0) is 113 Å². The Morgan fingerprint density at radius 3 is 2.33 bits per heavy atom. The van der Waals surface area contributed by atoms with Crippen LogP contribution in [0, 0.1) is 6.92 Å². The van der Waals surface area contributed by atoms with Crippen LogP contribution < -0.4 is 19.8 Å². The van der Waals surface area contributed by atoms with Crippen molar-refractivity contribution in [2.75, 3.05) is 13.2 Å². The standard InChI is InChI=1S/C33H37Br2N3O4/c1-8-21(7)42-31-28(41-10-3)16-22(29(34)30(31)35)18-36-38-32(37-26-14-12-11-13-23(26)33(38)39)25-17-24(19(4)5)27(40-9-2)15-20(25)6/h11-19,21H,8-10H2,1-7H3/t21-/m0/s1. The summed E-state index contributed by atoms with van der Waals surface area (Å²) in [5, 5.41) is 5.21. The number of hydrogen-bond acceptors (Lipinski definition) is 6. The number of aromatic nitrogens is 2. The summed E-state index contributed by atoms with van der Waals surface area (Å²) in [6.07, 6.45) is 2.49. The highest BCUT2D eigenvalue weighted by molar-refractivity contribution is 9.13. The second-order valence-corrected chi connectivity index (χ2v) is 11.9. The summed E-state index contributed by atoms with van der Waals surface area (Å²) < 4.78 is 20.9. The van der Waals surface area contributed by atoms with Gasteiger partial charge in [-0.1, -0.05) is 32.9 Å². The van der Waals surface area contributed by atoms with E-state index in [0.29, 0.717) is 51.5 Å². The van der Waals surface area contributed by atoms with E-state index in [4.69, 9.17) is 24.3 Å². The number of nitrogens with zero attached hydrogens (tertiary/aromatic N) is 3. The Bertz CT molecular complexity index is 1680. The number of halogens is 2. The third-order valence-electron chi connectivity index (χ3n) is 6.94. The lowest BCUT2D eigenvalue weighted by atomic mass is 9.96. The monoisotopic (exact) mass is 697 g/mol. The SMILES string of the molecule is CCOc1cc(C)c(-c2nc3ccccc3c(=O)n2N=Cc2cc(OCC)c(O[C@@H](C)CC)c(Br)c2Br)cc1C(C)C. The Balaban J connectivity index is 1.94. The highest BCUT2D eigenvalue weighted by Crippen LogP contribution is 2.43. The van der Waals surface area contributed by atoms with Crippen LogP contribution in [-0.4, -0.2) is 35.2 Å². The van der Waals surface area contributed by atoms with Crippen molar-refractivity contribution in [3.05, 3.63) is 78.5 Å². The van der Waals surface area contributed by atoms with Crippen molar-refractivity contribution in [2.45, 2.75) is 66.9 Å². The Labute approximate surface area is 264 Å². The first-order valence-electron chi connectivity index (χ1n) is 14.3. The summed E-state index contributed by atoms with van der Waals surface area (Å²) in [6, 6.07) is 13.3. The molecule has 0 unspecified atom stereocenters. The van der Waals surface area contributed by atoms with Gasteiger partial charge in [0.1, 0.15) is 5.75 Å². The average Bonchev–Trinajstić information content (AvgIpc) is 2.97. The van der Waals surface area contributed by atoms with Crippen LogP contribution in [0.4, 0.5) is 0 Å². The van der Waals surface area contributed by atoms with Crippen LogP contribution in [0.5, 0.6) is 17.2 Å². The minimum absolute atomic E-state index is 0.00446. The van der Waals surface area contributed by atoms with E-state index in [1.54, 1.807) is 12.3 Å². The molecule has 1 aromatic heterocycles. The van der Waals surface area contributed by atoms with Gasteiger partial charge in [0.25, 0.3) is 5.56 Å². The highest BCUT2D eigenvalue weighted by Gasteiger charge is 2.21. The fourth-order valence-electron chi connectivity index (χ4n) is 4.55. The number of hydrogen-bond donors (Lipinski definition) is 0. The maximum absolute atomic E-state index is 13.9. The second-order valence-electron chi connectivity index (χ2n) is 10.3. The fourth-order valence-corrected chi connectivity index (χ4v) is 5.47. The molecule has 1 atom stereocenters. The summed E-state index contributed by atoms with van der Waals surface area (Å²) in [5.74, 6) is 2.70. The average molecular weight is 699 g/mol. The summed E-state index contributed by atoms with van der Waals surface area (Å²) in [4.78, 5) is 18.8. The van der Waals surface area contributed by atoms with Gasteiger partial charge in [0.15, 0.2) is 17.3 Å². The molecular weight excluding hydrogens is 662 g/mol. The van der Waals surface area contributed by atoms with E-state index in [-0.39, 0.29) is 17.6 Å². The van der Waals surface area contributed by atoms with E-state index in [9.17, 15) is 4.79 Å². The molecule has 42 heavy (non-hydrogen) atoms. The molecule has 0 amide bonds. The van der Waals surface area contributed by atoms with E-state index >= 15 is 0 Å². The summed E-state index contributed by atoms with van der Waals surface area (Å²) in [7, 11) is 0. The smallest absolute Gasteiger partial charge is 0.282 e. The first-order chi connectivity index (χ1) is 20.1. The van der Waals surface area contributed by atoms with Gasteiger partial charge in [-0.2, -0.15) is 9.78 Å². The van der Waals surface area contributed by atoms with Crippen LogP contribution in [-0.2, 0) is 0 Å². The third kappa shape index (κ3) is 6.57. The lowest BCUT2D eigenvalue weighted by Crippen LogP contribution is -2.21. The first-order valence-corrected chi connectivity index (χ1v) is 15.8. The third-order valence-corrected chi connectivity index (χ3v) is 9.08. The molecular formula is C33H37Br2N3O4. The van der Waals surface area contributed by atoms with Gasteiger partial charge in [0.2, 0.25) is 0 Å². The van der Waals surface area contributed by atoms with Crippen molar-refractivity contribution in [3.8, 4) is 28.6 Å². The number of benzene rings is 3. The molecule has 0 N–H and O–H groups in total. The molecule has 9 heteroatoms. The van der Waals surface area contributed by atoms with E-state index in [2.05, 4.69) is 58.7 Å². The van der Waals surface area contributed by atoms with E-state index in [1.165, 1.54) is 4.68 Å². The lowest BCUT2D eigenvalue weighted by Gasteiger charge is -2.19. The van der Waals surface area contributed by atoms with Gasteiger partial charge < -0.3 is 14.2 Å². The van der Waals surface area contributed by atoms with Gasteiger partial charge in [-0.3, -0.25) is 4.79 Å². The molecule has 0 aliphatic carbocycles. The molecule has 1 heterocycles. The molecule has 0 saturated carbocycles. The normalized spacial score (nSPS) is 12.3. The van der Waals surface area contributed by atoms with Gasteiger partial charge in [-0.15, -0.1) is 0 Å². The molecule has 0 aliphatic heterocycles. The number of rotatable bonds is 11. The Morgan fingerprint density at radius 2 is 1.67 bits per heavy atom. The number of ether oxygens (including phenoxy) is 3. The molecule has 0 radical (unpaired) electrons. The van der Waals surface area contributed by atoms with Gasteiger partial charge in [-0.25, -0.2) is 4.98 Å². The van der Waals surface area contributed by atoms with Crippen molar-refractivity contribution < 1.29 is 14.2 Å². The largest absolute Gasteiger partial charge is 0.494 e. The molecule has 0 fully saturated rings. The lowest BCUT2D eigenvalue weighted by molar-refractivity contribution is 0.201. The van der Waals surface area contributed by atoms with Crippen molar-refractivity contribution in [1.82, 2.24) is 9.66 Å². The number of aryl methyl sites for hydroxylation is 1. The summed E-state index contributed by atoms with van der Waals surface area (Å²) in [5.41, 5.74) is 3.85. The van der Waals surface area contributed by atoms with Gasteiger partial charge in [0, 0.05) is 15.6 Å². The van der Waals surface area contributed by atoms with Crippen molar-refractivity contribution in [1.29, 1.82) is 0 Å². The molecule has 4 aromatic rings. The van der Waals surface area contributed by atoms with E-state index in [1.807, 2.05) is 58.0 Å². The minimum atomic E-state index is -0.261. The van der Waals surface area contributed by atoms with Crippen molar-refractivity contribution in [3.63, 3.8) is 0 Å². The zero-order chi connectivity index (χ0) is 30.6. The van der Waals surface area contributed by atoms with Crippen molar-refractivity contribution in [2.24, 2.45) is 5.10 Å². The zero-order valence-corrected chi connectivity index (χ0v) is 28.3. The molecule has 7 nitrogen and oxygen atoms in total. The Hall–Kier alpha value is -3.17. The molecule has 0 bridgehead atoms. The predicted molar refractivity (Wildman–Crippen MR) is 178 cm³/mol. The molecule has 0 saturated heterocycles. The van der Waals surface area contributed by atoms with Crippen LogP contribution in [0.15, 0.2) is 61.3 Å². The zero-order valence-electron chi connectivity index (χ0n) is 25.1. The Morgan fingerprint density at radius 1 is 0.976 bits per heavy atom. The first kappa shape index (κ1) is 31.8. The molecule has 222 valence electrons. The topological polar surface area (TPSA) is 74.9 Å². The van der Waals surface area contributed by atoms with Crippen molar-refractivity contribution >= 4 is 49.0 Å². The van der Waals surface area contributed by atoms with Crippen LogP contribution in [0.25, 0.3) is 22.3 Å². The Kier molecular flexibility index (Phi) is 10.5. The van der Waals surface area contributed by atoms with Crippen LogP contribution in [0.3, 0.4) is 0 Å². The molecule has 4 rings (SSSR count). The molecule has 3 aromatic carbocycles. The second kappa shape index (κ2) is 13.9. The number of fused-ring (bicyclic) bond motifs is 1. The highest BCUT2D eigenvalue weighted by atomic mass is 79.9. The summed E-state index contributed by atoms with van der Waals surface area (Å²) >= 11 is 7.37. The van der Waals surface area contributed by atoms with Crippen LogP contribution >= 0.6 is 31.9 Å². The van der Waals surface area contributed by atoms with Crippen LogP contribution in [0.2, 0.25) is 0 Å². The van der Waals surface area contributed by atoms with Gasteiger partial charge in [0.05, 0.1) is 40.9 Å². The van der Waals surface area contributed by atoms with Gasteiger partial charge >= 0.3 is 0 Å². The van der Waals surface area contributed by atoms with Crippen LogP contribution in [0.1, 0.15) is 70.6 Å². The van der Waals surface area contributed by atoms with E-state index in [0.717, 1.165) is 33.3 Å². The predicted octanol–water partition coefficient (Wildman–Crippen LogP) is 8.88. The maximum atomic E-state index is 13.9. The maximum Gasteiger partial charge on any atom is 0.282 e.